The molecular formula is C24H34O6. The number of ether oxygens (including phenoxy) is 1. The van der Waals surface area contributed by atoms with E-state index in [0.29, 0.717) is 19.3 Å². The zero-order valence-corrected chi connectivity index (χ0v) is 18.3. The third kappa shape index (κ3) is 2.79. The second kappa shape index (κ2) is 7.27. The smallest absolute Gasteiger partial charge is 0.306 e. The molecule has 0 aromatic carbocycles. The lowest BCUT2D eigenvalue weighted by atomic mass is 9.45. The zero-order chi connectivity index (χ0) is 21.9. The summed E-state index contributed by atoms with van der Waals surface area (Å²) in [6.45, 7) is 5.18. The van der Waals surface area contributed by atoms with E-state index in [4.69, 9.17) is 4.74 Å². The maximum atomic E-state index is 13.0. The molecule has 6 nitrogen and oxygen atoms in total. The SMILES string of the molecule is CCC(=O)O[C@]1(C(=O)CO)CC[C@H]2[C@@H]3CCC4=CC(=O)CC[C@]4(C)[C@H]3[C@H](O)C[C@@]21C. The largest absolute Gasteiger partial charge is 0.450 e. The van der Waals surface area contributed by atoms with Crippen LogP contribution in [0.4, 0.5) is 0 Å². The second-order valence-electron chi connectivity index (χ2n) is 10.4. The molecule has 0 amide bonds. The Bertz CT molecular complexity index is 802. The van der Waals surface area contributed by atoms with Crippen molar-refractivity contribution in [3.8, 4) is 0 Å². The fourth-order valence-corrected chi connectivity index (χ4v) is 7.75. The van der Waals surface area contributed by atoms with Crippen molar-refractivity contribution in [2.75, 3.05) is 6.61 Å². The molecule has 2 N–H and O–H groups in total. The highest BCUT2D eigenvalue weighted by molar-refractivity contribution is 5.92. The fourth-order valence-electron chi connectivity index (χ4n) is 7.75. The number of aliphatic hydroxyl groups is 2. The molecule has 166 valence electrons. The summed E-state index contributed by atoms with van der Waals surface area (Å²) in [6.07, 6.45) is 5.77. The van der Waals surface area contributed by atoms with Gasteiger partial charge in [0.15, 0.2) is 11.4 Å². The van der Waals surface area contributed by atoms with Crippen molar-refractivity contribution in [1.82, 2.24) is 0 Å². The van der Waals surface area contributed by atoms with Crippen LogP contribution in [0.2, 0.25) is 0 Å². The molecule has 4 rings (SSSR count). The third-order valence-corrected chi connectivity index (χ3v) is 9.19. The number of ketones is 2. The van der Waals surface area contributed by atoms with Gasteiger partial charge in [0.05, 0.1) is 6.10 Å². The number of carbonyl (C=O) groups excluding carboxylic acids is 3. The van der Waals surface area contributed by atoms with Crippen molar-refractivity contribution >= 4 is 17.5 Å². The first-order chi connectivity index (χ1) is 14.1. The standard InChI is InChI=1S/C24H34O6/c1-4-20(29)30-24(19(28)13-25)10-8-17-16-6-5-14-11-15(26)7-9-22(14,2)21(16)18(27)12-23(17,24)3/h11,16-18,21,25,27H,4-10,12-13H2,1-3H3/t16-,17-,18+,21+,22-,23-,24-/m0/s1. The molecule has 7 atom stereocenters. The van der Waals surface area contributed by atoms with Crippen LogP contribution < -0.4 is 0 Å². The molecule has 4 aliphatic rings. The molecule has 0 saturated heterocycles. The van der Waals surface area contributed by atoms with E-state index in [1.165, 1.54) is 0 Å². The molecule has 0 aliphatic heterocycles. The Labute approximate surface area is 178 Å². The Morgan fingerprint density at radius 1 is 1.20 bits per heavy atom. The normalized spacial score (nSPS) is 45.1. The van der Waals surface area contributed by atoms with E-state index in [1.54, 1.807) is 13.0 Å². The van der Waals surface area contributed by atoms with Gasteiger partial charge in [-0.15, -0.1) is 0 Å². The molecule has 3 fully saturated rings. The van der Waals surface area contributed by atoms with Gasteiger partial charge in [-0.3, -0.25) is 14.4 Å². The van der Waals surface area contributed by atoms with E-state index in [2.05, 4.69) is 6.92 Å². The van der Waals surface area contributed by atoms with Crippen molar-refractivity contribution in [2.45, 2.75) is 83.8 Å². The molecule has 0 aromatic heterocycles. The van der Waals surface area contributed by atoms with Gasteiger partial charge >= 0.3 is 5.97 Å². The minimum Gasteiger partial charge on any atom is -0.450 e. The van der Waals surface area contributed by atoms with Gasteiger partial charge in [-0.2, -0.15) is 0 Å². The summed E-state index contributed by atoms with van der Waals surface area (Å²) in [5.41, 5.74) is -1.12. The highest BCUT2D eigenvalue weighted by atomic mass is 16.6. The molecule has 6 heteroatoms. The van der Waals surface area contributed by atoms with E-state index < -0.39 is 35.5 Å². The number of carbonyl (C=O) groups is 3. The van der Waals surface area contributed by atoms with Gasteiger partial charge in [0, 0.05) is 18.3 Å². The average Bonchev–Trinajstić information content (AvgIpc) is 3.00. The van der Waals surface area contributed by atoms with Gasteiger partial charge in [-0.05, 0) is 67.8 Å². The molecule has 0 radical (unpaired) electrons. The van der Waals surface area contributed by atoms with Crippen LogP contribution >= 0.6 is 0 Å². The van der Waals surface area contributed by atoms with E-state index in [0.717, 1.165) is 31.3 Å². The van der Waals surface area contributed by atoms with Crippen LogP contribution in [-0.2, 0) is 19.1 Å². The van der Waals surface area contributed by atoms with Gasteiger partial charge in [0.1, 0.15) is 6.61 Å². The second-order valence-corrected chi connectivity index (χ2v) is 10.4. The van der Waals surface area contributed by atoms with Crippen LogP contribution in [0.3, 0.4) is 0 Å². The van der Waals surface area contributed by atoms with Crippen molar-refractivity contribution in [1.29, 1.82) is 0 Å². The van der Waals surface area contributed by atoms with Gasteiger partial charge in [-0.25, -0.2) is 0 Å². The quantitative estimate of drug-likeness (QED) is 0.681. The fraction of sp³-hybridized carbons (Fsp3) is 0.792. The summed E-state index contributed by atoms with van der Waals surface area (Å²) in [6, 6.07) is 0. The van der Waals surface area contributed by atoms with Crippen molar-refractivity contribution in [3.05, 3.63) is 11.6 Å². The number of rotatable bonds is 4. The number of fused-ring (bicyclic) bond motifs is 5. The van der Waals surface area contributed by atoms with E-state index in [1.807, 2.05) is 6.92 Å². The molecule has 0 bridgehead atoms. The summed E-state index contributed by atoms with van der Waals surface area (Å²) in [7, 11) is 0. The molecule has 30 heavy (non-hydrogen) atoms. The van der Waals surface area contributed by atoms with E-state index in [9.17, 15) is 24.6 Å². The van der Waals surface area contributed by atoms with Gasteiger partial charge in [0.2, 0.25) is 5.78 Å². The zero-order valence-electron chi connectivity index (χ0n) is 18.3. The number of hydrogen-bond acceptors (Lipinski definition) is 6. The first-order valence-corrected chi connectivity index (χ1v) is 11.4. The summed E-state index contributed by atoms with van der Waals surface area (Å²) >= 11 is 0. The summed E-state index contributed by atoms with van der Waals surface area (Å²) < 4.78 is 5.83. The highest BCUT2D eigenvalue weighted by Crippen LogP contribution is 2.68. The maximum Gasteiger partial charge on any atom is 0.306 e. The number of allylic oxidation sites excluding steroid dienone is 1. The Morgan fingerprint density at radius 2 is 1.93 bits per heavy atom. The lowest BCUT2D eigenvalue weighted by molar-refractivity contribution is -0.202. The first-order valence-electron chi connectivity index (χ1n) is 11.4. The van der Waals surface area contributed by atoms with Crippen LogP contribution in [0.15, 0.2) is 11.6 Å². The number of Topliss-reactive ketones (excluding diaryl/α,β-unsaturated/α-hetero) is 1. The topological polar surface area (TPSA) is 101 Å². The van der Waals surface area contributed by atoms with Crippen LogP contribution in [0.25, 0.3) is 0 Å². The molecule has 0 aromatic rings. The Balaban J connectivity index is 1.75. The molecule has 0 heterocycles. The Morgan fingerprint density at radius 3 is 2.60 bits per heavy atom. The van der Waals surface area contributed by atoms with Crippen LogP contribution in [-0.4, -0.2) is 46.1 Å². The van der Waals surface area contributed by atoms with Gasteiger partial charge in [-0.1, -0.05) is 26.3 Å². The first kappa shape index (κ1) is 21.7. The third-order valence-electron chi connectivity index (χ3n) is 9.19. The van der Waals surface area contributed by atoms with Crippen molar-refractivity contribution in [2.24, 2.45) is 28.6 Å². The molecular weight excluding hydrogens is 384 g/mol. The Hall–Kier alpha value is -1.53. The monoisotopic (exact) mass is 418 g/mol. The molecule has 4 aliphatic carbocycles. The lowest BCUT2D eigenvalue weighted by Gasteiger charge is -2.60. The summed E-state index contributed by atoms with van der Waals surface area (Å²) in [5, 5.41) is 21.2. The van der Waals surface area contributed by atoms with Crippen molar-refractivity contribution < 1.29 is 29.3 Å². The molecule has 0 spiro atoms. The maximum absolute atomic E-state index is 13.0. The highest BCUT2D eigenvalue weighted by Gasteiger charge is 2.70. The predicted octanol–water partition coefficient (Wildman–Crippen LogP) is 2.74. The molecule has 0 unspecified atom stereocenters. The summed E-state index contributed by atoms with van der Waals surface area (Å²) in [5.74, 6) is -0.362. The van der Waals surface area contributed by atoms with Crippen molar-refractivity contribution in [3.63, 3.8) is 0 Å². The van der Waals surface area contributed by atoms with Gasteiger partial charge < -0.3 is 14.9 Å². The lowest BCUT2D eigenvalue weighted by Crippen LogP contribution is -2.63. The summed E-state index contributed by atoms with van der Waals surface area (Å²) in [4.78, 5) is 37.3. The predicted molar refractivity (Wildman–Crippen MR) is 109 cm³/mol. The molecule has 3 saturated carbocycles. The number of aliphatic hydroxyl groups excluding tert-OH is 2. The van der Waals surface area contributed by atoms with E-state index >= 15 is 0 Å². The number of hydrogen-bond donors (Lipinski definition) is 2. The van der Waals surface area contributed by atoms with Crippen LogP contribution in [0.5, 0.6) is 0 Å². The minimum absolute atomic E-state index is 0.0329. The van der Waals surface area contributed by atoms with Crippen LogP contribution in [0.1, 0.15) is 72.1 Å². The van der Waals surface area contributed by atoms with Gasteiger partial charge in [0.25, 0.3) is 0 Å². The number of esters is 1. The Kier molecular flexibility index (Phi) is 5.25. The van der Waals surface area contributed by atoms with E-state index in [-0.39, 0.29) is 35.4 Å². The average molecular weight is 419 g/mol. The minimum atomic E-state index is -1.37. The van der Waals surface area contributed by atoms with Crippen LogP contribution in [0, 0.1) is 28.6 Å².